The summed E-state index contributed by atoms with van der Waals surface area (Å²) in [5, 5.41) is 4.81. The molecule has 0 aromatic carbocycles. The van der Waals surface area contributed by atoms with Crippen molar-refractivity contribution in [1.29, 1.82) is 0 Å². The third-order valence-electron chi connectivity index (χ3n) is 2.08. The molecule has 5 heteroatoms. The van der Waals surface area contributed by atoms with Crippen molar-refractivity contribution in [2.45, 2.75) is 12.5 Å². The Morgan fingerprint density at radius 2 is 2.07 bits per heavy atom. The van der Waals surface area contributed by atoms with Gasteiger partial charge in [-0.3, -0.25) is 0 Å². The summed E-state index contributed by atoms with van der Waals surface area (Å²) in [6.07, 6.45) is 0.832. The zero-order valence-electron chi connectivity index (χ0n) is 7.74. The number of halogens is 2. The van der Waals surface area contributed by atoms with Crippen molar-refractivity contribution in [3.63, 3.8) is 0 Å². The molecule has 0 fully saturated rings. The maximum Gasteiger partial charge on any atom is 0.0561 e. The summed E-state index contributed by atoms with van der Waals surface area (Å²) in [4.78, 5) is 2.34. The van der Waals surface area contributed by atoms with Crippen molar-refractivity contribution in [2.75, 3.05) is 0 Å². The van der Waals surface area contributed by atoms with Crippen molar-refractivity contribution >= 4 is 50.2 Å². The van der Waals surface area contributed by atoms with Crippen LogP contribution < -0.4 is 5.73 Å². The molecule has 0 aliphatic carbocycles. The van der Waals surface area contributed by atoms with Crippen molar-refractivity contribution in [1.82, 2.24) is 0 Å². The van der Waals surface area contributed by atoms with Gasteiger partial charge in [-0.05, 0) is 38.8 Å². The lowest BCUT2D eigenvalue weighted by Gasteiger charge is -2.09. The van der Waals surface area contributed by atoms with Gasteiger partial charge < -0.3 is 5.73 Å². The minimum Gasteiger partial charge on any atom is -0.323 e. The summed E-state index contributed by atoms with van der Waals surface area (Å²) < 4.78 is 1.13. The molecule has 2 aromatic rings. The highest BCUT2D eigenvalue weighted by molar-refractivity contribution is 9.10. The van der Waals surface area contributed by atoms with Crippen LogP contribution in [-0.2, 0) is 6.42 Å². The van der Waals surface area contributed by atoms with E-state index in [0.29, 0.717) is 0 Å². The molecule has 1 unspecified atom stereocenters. The fraction of sp³-hybridized carbons (Fsp3) is 0.200. The molecule has 1 atom stereocenters. The van der Waals surface area contributed by atoms with E-state index in [4.69, 9.17) is 17.3 Å². The lowest BCUT2D eigenvalue weighted by Crippen LogP contribution is -2.11. The molecular weight excluding hydrogens is 314 g/mol. The Kier molecular flexibility index (Phi) is 3.85. The monoisotopic (exact) mass is 321 g/mol. The second-order valence-corrected chi connectivity index (χ2v) is 6.35. The summed E-state index contributed by atoms with van der Waals surface area (Å²) in [5.41, 5.74) is 6.11. The summed E-state index contributed by atoms with van der Waals surface area (Å²) >= 11 is 12.9. The van der Waals surface area contributed by atoms with Gasteiger partial charge in [0.05, 0.1) is 5.02 Å². The van der Waals surface area contributed by atoms with Gasteiger partial charge in [-0.15, -0.1) is 22.7 Å². The van der Waals surface area contributed by atoms with Gasteiger partial charge >= 0.3 is 0 Å². The molecule has 1 nitrogen and oxygen atoms in total. The molecule has 0 aliphatic heterocycles. The van der Waals surface area contributed by atoms with Crippen LogP contribution in [-0.4, -0.2) is 0 Å². The highest BCUT2D eigenvalue weighted by atomic mass is 79.9. The predicted molar refractivity (Wildman–Crippen MR) is 72.0 cm³/mol. The smallest absolute Gasteiger partial charge is 0.0561 e. The van der Waals surface area contributed by atoms with Crippen LogP contribution >= 0.6 is 50.2 Å². The maximum absolute atomic E-state index is 6.11. The van der Waals surface area contributed by atoms with Gasteiger partial charge in [0.25, 0.3) is 0 Å². The molecule has 2 N–H and O–H groups in total. The van der Waals surface area contributed by atoms with E-state index in [-0.39, 0.29) is 6.04 Å². The predicted octanol–water partition coefficient (Wildman–Crippen LogP) is 4.47. The first-order valence-electron chi connectivity index (χ1n) is 4.39. The molecule has 0 bridgehead atoms. The highest BCUT2D eigenvalue weighted by Crippen LogP contribution is 2.32. The van der Waals surface area contributed by atoms with E-state index in [9.17, 15) is 0 Å². The molecule has 2 heterocycles. The number of hydrogen-bond donors (Lipinski definition) is 1. The summed E-state index contributed by atoms with van der Waals surface area (Å²) in [6, 6.07) is 3.93. The Bertz CT molecular complexity index is 452. The van der Waals surface area contributed by atoms with Gasteiger partial charge in [0.2, 0.25) is 0 Å². The molecule has 0 amide bonds. The maximum atomic E-state index is 6.11. The third kappa shape index (κ3) is 2.63. The van der Waals surface area contributed by atoms with Crippen LogP contribution in [0.3, 0.4) is 0 Å². The Hall–Kier alpha value is 0.130. The summed E-state index contributed by atoms with van der Waals surface area (Å²) in [5.74, 6) is 0. The molecule has 2 aromatic heterocycles. The average molecular weight is 323 g/mol. The van der Waals surface area contributed by atoms with E-state index in [0.717, 1.165) is 20.8 Å². The van der Waals surface area contributed by atoms with E-state index in [1.54, 1.807) is 22.7 Å². The molecule has 0 spiro atoms. The topological polar surface area (TPSA) is 26.0 Å². The number of thiophene rings is 2. The van der Waals surface area contributed by atoms with Crippen LogP contribution in [0.1, 0.15) is 15.8 Å². The van der Waals surface area contributed by atoms with Gasteiger partial charge in [-0.25, -0.2) is 0 Å². The van der Waals surface area contributed by atoms with Crippen molar-refractivity contribution in [2.24, 2.45) is 5.73 Å². The quantitative estimate of drug-likeness (QED) is 0.886. The first-order valence-corrected chi connectivity index (χ1v) is 7.32. The second kappa shape index (κ2) is 4.97. The zero-order chi connectivity index (χ0) is 10.8. The number of nitrogens with two attached hydrogens (primary N) is 1. The minimum atomic E-state index is -0.00699. The fourth-order valence-electron chi connectivity index (χ4n) is 1.33. The first-order chi connectivity index (χ1) is 7.18. The van der Waals surface area contributed by atoms with Crippen LogP contribution in [0, 0.1) is 0 Å². The molecule has 15 heavy (non-hydrogen) atoms. The second-order valence-electron chi connectivity index (χ2n) is 3.14. The minimum absolute atomic E-state index is 0.00699. The third-order valence-corrected chi connectivity index (χ3v) is 5.52. The molecular formula is C10H9BrClNS2. The van der Waals surface area contributed by atoms with Crippen LogP contribution in [0.2, 0.25) is 5.02 Å². The van der Waals surface area contributed by atoms with Gasteiger partial charge in [0.1, 0.15) is 0 Å². The Labute approximate surface area is 110 Å². The standard InChI is InChI=1S/C10H9BrClNS2/c11-6-1-3-14-9(6)5-8(13)10-7(12)2-4-15-10/h1-4,8H,5,13H2. The normalized spacial score (nSPS) is 13.0. The summed E-state index contributed by atoms with van der Waals surface area (Å²) in [6.45, 7) is 0. The van der Waals surface area contributed by atoms with Gasteiger partial charge in [0, 0.05) is 26.7 Å². The Morgan fingerprint density at radius 3 is 2.60 bits per heavy atom. The first kappa shape index (κ1) is 11.6. The zero-order valence-corrected chi connectivity index (χ0v) is 11.7. The van der Waals surface area contributed by atoms with E-state index in [1.165, 1.54) is 4.88 Å². The van der Waals surface area contributed by atoms with Crippen LogP contribution in [0.25, 0.3) is 0 Å². The van der Waals surface area contributed by atoms with E-state index in [2.05, 4.69) is 21.3 Å². The molecule has 0 radical (unpaired) electrons. The lowest BCUT2D eigenvalue weighted by atomic mass is 10.1. The molecule has 0 aliphatic rings. The lowest BCUT2D eigenvalue weighted by molar-refractivity contribution is 0.744. The highest BCUT2D eigenvalue weighted by Gasteiger charge is 2.14. The molecule has 0 saturated carbocycles. The van der Waals surface area contributed by atoms with Crippen LogP contribution in [0.4, 0.5) is 0 Å². The largest absolute Gasteiger partial charge is 0.323 e. The van der Waals surface area contributed by atoms with E-state index in [1.807, 2.05) is 17.5 Å². The number of hydrogen-bond acceptors (Lipinski definition) is 3. The molecule has 80 valence electrons. The van der Waals surface area contributed by atoms with Gasteiger partial charge in [-0.1, -0.05) is 11.6 Å². The Morgan fingerprint density at radius 1 is 1.33 bits per heavy atom. The Balaban J connectivity index is 2.14. The van der Waals surface area contributed by atoms with Crippen molar-refractivity contribution < 1.29 is 0 Å². The SMILES string of the molecule is NC(Cc1sccc1Br)c1sccc1Cl. The number of rotatable bonds is 3. The molecule has 2 rings (SSSR count). The summed E-state index contributed by atoms with van der Waals surface area (Å²) in [7, 11) is 0. The average Bonchev–Trinajstić information content (AvgIpc) is 2.76. The van der Waals surface area contributed by atoms with E-state index >= 15 is 0 Å². The molecule has 0 saturated heterocycles. The van der Waals surface area contributed by atoms with Gasteiger partial charge in [0.15, 0.2) is 0 Å². The van der Waals surface area contributed by atoms with Crippen LogP contribution in [0.15, 0.2) is 27.4 Å². The van der Waals surface area contributed by atoms with Crippen molar-refractivity contribution in [3.8, 4) is 0 Å². The van der Waals surface area contributed by atoms with Crippen LogP contribution in [0.5, 0.6) is 0 Å². The van der Waals surface area contributed by atoms with E-state index < -0.39 is 0 Å². The van der Waals surface area contributed by atoms with Gasteiger partial charge in [-0.2, -0.15) is 0 Å². The fourth-order valence-corrected chi connectivity index (χ4v) is 4.11. The van der Waals surface area contributed by atoms with Crippen molar-refractivity contribution in [3.05, 3.63) is 42.1 Å².